The van der Waals surface area contributed by atoms with Crippen molar-refractivity contribution in [3.05, 3.63) is 28.3 Å². The van der Waals surface area contributed by atoms with Crippen molar-refractivity contribution in [1.29, 1.82) is 0 Å². The molecule has 0 unspecified atom stereocenters. The van der Waals surface area contributed by atoms with E-state index < -0.39 is 14.9 Å². The van der Waals surface area contributed by atoms with Gasteiger partial charge in [0.2, 0.25) is 10.0 Å². The Balaban J connectivity index is 2.33. The van der Waals surface area contributed by atoms with E-state index in [0.29, 0.717) is 5.92 Å². The van der Waals surface area contributed by atoms with E-state index in [1.165, 1.54) is 12.1 Å². The predicted molar refractivity (Wildman–Crippen MR) is 73.4 cm³/mol. The Morgan fingerprint density at radius 3 is 2.55 bits per heavy atom. The molecule has 0 atom stereocenters. The number of nitrogens with zero attached hydrogens (tertiary/aromatic N) is 1. The molecule has 0 aromatic heterocycles. The van der Waals surface area contributed by atoms with Crippen molar-refractivity contribution >= 4 is 21.4 Å². The molecule has 1 fully saturated rings. The lowest BCUT2D eigenvalue weighted by atomic mass is 9.83. The Kier molecular flexibility index (Phi) is 3.93. The largest absolute Gasteiger partial charge is 0.323 e. The summed E-state index contributed by atoms with van der Waals surface area (Å²) in [7, 11) is -3.84. The number of nitrogen functional groups attached to an aromatic ring is 1. The van der Waals surface area contributed by atoms with Gasteiger partial charge in [-0.25, -0.2) is 13.1 Å². The van der Waals surface area contributed by atoms with E-state index >= 15 is 0 Å². The molecule has 0 aliphatic heterocycles. The maximum atomic E-state index is 12.3. The molecule has 20 heavy (non-hydrogen) atoms. The van der Waals surface area contributed by atoms with Gasteiger partial charge in [0.25, 0.3) is 5.69 Å². The Morgan fingerprint density at radius 2 is 2.05 bits per heavy atom. The van der Waals surface area contributed by atoms with Gasteiger partial charge >= 0.3 is 0 Å². The van der Waals surface area contributed by atoms with Crippen LogP contribution in [0.25, 0.3) is 0 Å². The maximum absolute atomic E-state index is 12.3. The van der Waals surface area contributed by atoms with Crippen molar-refractivity contribution in [2.75, 3.05) is 5.43 Å². The minimum absolute atomic E-state index is 0.121. The van der Waals surface area contributed by atoms with Crippen LogP contribution >= 0.6 is 0 Å². The van der Waals surface area contributed by atoms with Gasteiger partial charge in [-0.05, 0) is 24.8 Å². The van der Waals surface area contributed by atoms with Gasteiger partial charge in [0, 0.05) is 18.2 Å². The highest BCUT2D eigenvalue weighted by atomic mass is 32.2. The van der Waals surface area contributed by atoms with Crippen LogP contribution in [0.15, 0.2) is 23.1 Å². The molecule has 0 radical (unpaired) electrons. The molecule has 0 saturated heterocycles. The number of benzene rings is 1. The van der Waals surface area contributed by atoms with E-state index in [0.717, 1.165) is 18.9 Å². The molecule has 0 spiro atoms. The van der Waals surface area contributed by atoms with Gasteiger partial charge in [-0.15, -0.1) is 0 Å². The minimum Gasteiger partial charge on any atom is -0.323 e. The first-order valence-electron chi connectivity index (χ1n) is 6.11. The van der Waals surface area contributed by atoms with Crippen LogP contribution in [0.5, 0.6) is 0 Å². The summed E-state index contributed by atoms with van der Waals surface area (Å²) in [5, 5.41) is 10.8. The number of rotatable bonds is 5. The van der Waals surface area contributed by atoms with E-state index in [2.05, 4.69) is 10.1 Å². The fourth-order valence-electron chi connectivity index (χ4n) is 2.25. The van der Waals surface area contributed by atoms with E-state index in [9.17, 15) is 18.5 Å². The molecule has 110 valence electrons. The van der Waals surface area contributed by atoms with Crippen molar-refractivity contribution in [2.24, 2.45) is 11.8 Å². The van der Waals surface area contributed by atoms with Crippen molar-refractivity contribution in [3.63, 3.8) is 0 Å². The average molecular weight is 300 g/mol. The zero-order valence-corrected chi connectivity index (χ0v) is 11.7. The van der Waals surface area contributed by atoms with E-state index in [1.807, 2.05) is 6.92 Å². The lowest BCUT2D eigenvalue weighted by Crippen LogP contribution is -2.43. The fraction of sp³-hybridized carbons (Fsp3) is 0.455. The van der Waals surface area contributed by atoms with Crippen molar-refractivity contribution < 1.29 is 13.3 Å². The predicted octanol–water partition coefficient (Wildman–Crippen LogP) is 0.957. The highest BCUT2D eigenvalue weighted by Gasteiger charge is 2.31. The first-order valence-corrected chi connectivity index (χ1v) is 7.59. The van der Waals surface area contributed by atoms with Crippen LogP contribution in [-0.2, 0) is 10.0 Å². The van der Waals surface area contributed by atoms with Crippen LogP contribution in [0.1, 0.15) is 19.8 Å². The lowest BCUT2D eigenvalue weighted by Gasteiger charge is -2.33. The van der Waals surface area contributed by atoms with Gasteiger partial charge in [-0.2, -0.15) is 0 Å². The molecule has 1 aliphatic rings. The van der Waals surface area contributed by atoms with Crippen LogP contribution in [0.4, 0.5) is 11.4 Å². The third kappa shape index (κ3) is 2.89. The number of hydrazine groups is 1. The highest BCUT2D eigenvalue weighted by molar-refractivity contribution is 7.89. The molecule has 2 rings (SSSR count). The molecule has 1 saturated carbocycles. The van der Waals surface area contributed by atoms with Crippen LogP contribution < -0.4 is 16.0 Å². The fourth-order valence-corrected chi connectivity index (χ4v) is 3.70. The third-order valence-corrected chi connectivity index (χ3v) is 4.88. The smallest absolute Gasteiger partial charge is 0.270 e. The lowest BCUT2D eigenvalue weighted by molar-refractivity contribution is -0.385. The normalized spacial score (nSPS) is 22.1. The number of sulfonamides is 1. The minimum atomic E-state index is -3.84. The average Bonchev–Trinajstić information content (AvgIpc) is 2.35. The van der Waals surface area contributed by atoms with Gasteiger partial charge in [0.15, 0.2) is 0 Å². The summed E-state index contributed by atoms with van der Waals surface area (Å²) >= 11 is 0. The number of non-ortho nitro benzene ring substituents is 1. The SMILES string of the molecule is CC1CC(NS(=O)(=O)c2cc([N+](=O)[O-])ccc2NN)C1. The zero-order chi connectivity index (χ0) is 14.9. The summed E-state index contributed by atoms with van der Waals surface area (Å²) in [6.07, 6.45) is 1.53. The van der Waals surface area contributed by atoms with Crippen LogP contribution in [-0.4, -0.2) is 19.4 Å². The van der Waals surface area contributed by atoms with E-state index in [-0.39, 0.29) is 22.3 Å². The van der Waals surface area contributed by atoms with Gasteiger partial charge in [-0.3, -0.25) is 16.0 Å². The number of nitro benzene ring substituents is 1. The standard InChI is InChI=1S/C11H16N4O4S/c1-7-4-8(5-7)14-20(18,19)11-6-9(15(16)17)2-3-10(11)13-12/h2-3,6-8,13-14H,4-5,12H2,1H3. The quantitative estimate of drug-likeness (QED) is 0.422. The molecule has 0 amide bonds. The van der Waals surface area contributed by atoms with Gasteiger partial charge in [0.05, 0.1) is 10.6 Å². The summed E-state index contributed by atoms with van der Waals surface area (Å²) < 4.78 is 27.1. The monoisotopic (exact) mass is 300 g/mol. The molecular weight excluding hydrogens is 284 g/mol. The first kappa shape index (κ1) is 14.7. The Morgan fingerprint density at radius 1 is 1.40 bits per heavy atom. The summed E-state index contributed by atoms with van der Waals surface area (Å²) in [5.41, 5.74) is 2.07. The van der Waals surface area contributed by atoms with Crippen LogP contribution in [0.3, 0.4) is 0 Å². The summed E-state index contributed by atoms with van der Waals surface area (Å²) in [4.78, 5) is 9.89. The molecule has 1 aromatic rings. The Hall–Kier alpha value is -1.71. The zero-order valence-electron chi connectivity index (χ0n) is 10.9. The Labute approximate surface area is 116 Å². The van der Waals surface area contributed by atoms with Gasteiger partial charge in [-0.1, -0.05) is 6.92 Å². The third-order valence-electron chi connectivity index (χ3n) is 3.32. The summed E-state index contributed by atoms with van der Waals surface area (Å²) in [6.45, 7) is 2.03. The maximum Gasteiger partial charge on any atom is 0.270 e. The van der Waals surface area contributed by atoms with E-state index in [1.54, 1.807) is 0 Å². The van der Waals surface area contributed by atoms with Crippen molar-refractivity contribution in [1.82, 2.24) is 4.72 Å². The number of hydrogen-bond donors (Lipinski definition) is 3. The summed E-state index contributed by atoms with van der Waals surface area (Å²) in [6, 6.07) is 3.34. The van der Waals surface area contributed by atoms with Gasteiger partial charge in [0.1, 0.15) is 4.90 Å². The molecule has 0 bridgehead atoms. The second-order valence-electron chi connectivity index (χ2n) is 4.98. The molecule has 1 aliphatic carbocycles. The molecule has 9 heteroatoms. The molecule has 1 aromatic carbocycles. The number of anilines is 1. The second-order valence-corrected chi connectivity index (χ2v) is 6.66. The van der Waals surface area contributed by atoms with Crippen molar-refractivity contribution in [2.45, 2.75) is 30.7 Å². The molecule has 0 heterocycles. The topological polar surface area (TPSA) is 127 Å². The molecular formula is C11H16N4O4S. The van der Waals surface area contributed by atoms with E-state index in [4.69, 9.17) is 5.84 Å². The number of nitrogens with one attached hydrogen (secondary N) is 2. The summed E-state index contributed by atoms with van der Waals surface area (Å²) in [5.74, 6) is 5.75. The van der Waals surface area contributed by atoms with Gasteiger partial charge < -0.3 is 5.43 Å². The van der Waals surface area contributed by atoms with Crippen LogP contribution in [0.2, 0.25) is 0 Å². The first-order chi connectivity index (χ1) is 9.33. The second kappa shape index (κ2) is 5.35. The van der Waals surface area contributed by atoms with Crippen LogP contribution in [0, 0.1) is 16.0 Å². The Bertz CT molecular complexity index is 625. The highest BCUT2D eigenvalue weighted by Crippen LogP contribution is 2.30. The number of nitrogens with two attached hydrogens (primary N) is 1. The number of hydrogen-bond acceptors (Lipinski definition) is 6. The number of nitro groups is 1. The van der Waals surface area contributed by atoms with Crippen molar-refractivity contribution in [3.8, 4) is 0 Å². The molecule has 4 N–H and O–H groups in total. The molecule has 8 nitrogen and oxygen atoms in total.